The number of thioether (sulfide) groups is 1. The number of oxime groups is 1. The summed E-state index contributed by atoms with van der Waals surface area (Å²) in [5.74, 6) is -3.01. The van der Waals surface area contributed by atoms with Gasteiger partial charge in [-0.2, -0.15) is 0 Å². The van der Waals surface area contributed by atoms with Gasteiger partial charge in [0.2, 0.25) is 5.71 Å². The molecule has 4 N–H and O–H groups in total. The first kappa shape index (κ1) is 20.3. The lowest BCUT2D eigenvalue weighted by molar-refractivity contribution is -0.150. The van der Waals surface area contributed by atoms with E-state index in [9.17, 15) is 24.3 Å². The predicted molar refractivity (Wildman–Crippen MR) is 97.2 cm³/mol. The Morgan fingerprint density at radius 2 is 2.14 bits per heavy atom. The van der Waals surface area contributed by atoms with Crippen molar-refractivity contribution in [3.63, 3.8) is 0 Å². The fourth-order valence-corrected chi connectivity index (χ4v) is 4.29. The van der Waals surface area contributed by atoms with Crippen molar-refractivity contribution in [3.05, 3.63) is 35.6 Å². The molecule has 1 aromatic heterocycles. The molecule has 1 aromatic rings. The molecule has 29 heavy (non-hydrogen) atoms. The topological polar surface area (TPSA) is 174 Å². The van der Waals surface area contributed by atoms with Crippen molar-refractivity contribution in [1.29, 1.82) is 0 Å². The van der Waals surface area contributed by atoms with Crippen LogP contribution < -0.4 is 11.1 Å². The minimum Gasteiger partial charge on any atom is -0.476 e. The third-order valence-electron chi connectivity index (χ3n) is 4.08. The lowest BCUT2D eigenvalue weighted by atomic mass is 10.0. The molecule has 0 radical (unpaired) electrons. The number of carboxylic acid groups (broad SMARTS) is 1. The van der Waals surface area contributed by atoms with E-state index < -0.39 is 46.2 Å². The fraction of sp³-hybridized carbons (Fsp3) is 0.312. The smallest absolute Gasteiger partial charge is 0.409 e. The molecule has 0 aromatic carbocycles. The van der Waals surface area contributed by atoms with Crippen LogP contribution in [-0.4, -0.2) is 63.4 Å². The zero-order valence-electron chi connectivity index (χ0n) is 15.1. The number of fused-ring (bicyclic) bond motifs is 1. The molecule has 3 amide bonds. The van der Waals surface area contributed by atoms with Crippen LogP contribution in [0.25, 0.3) is 0 Å². The molecule has 0 aliphatic carbocycles. The highest BCUT2D eigenvalue weighted by molar-refractivity contribution is 8.00. The molecule has 3 heterocycles. The van der Waals surface area contributed by atoms with Crippen LogP contribution in [0.4, 0.5) is 4.79 Å². The van der Waals surface area contributed by atoms with Gasteiger partial charge in [-0.3, -0.25) is 14.5 Å². The Hall–Kier alpha value is -3.48. The Balaban J connectivity index is 1.84. The number of ether oxygens (including phenoxy) is 1. The Labute approximate surface area is 167 Å². The molecule has 154 valence electrons. The molecule has 13 heteroatoms. The van der Waals surface area contributed by atoms with E-state index in [1.807, 2.05) is 0 Å². The molecular formula is C16H16N4O8S. The fourth-order valence-electron chi connectivity index (χ4n) is 2.92. The zero-order valence-corrected chi connectivity index (χ0v) is 16.0. The molecule has 2 aliphatic rings. The summed E-state index contributed by atoms with van der Waals surface area (Å²) >= 11 is 1.13. The average molecular weight is 424 g/mol. The molecule has 1 saturated heterocycles. The lowest BCUT2D eigenvalue weighted by Crippen LogP contribution is -2.71. The third kappa shape index (κ3) is 3.63. The van der Waals surface area contributed by atoms with E-state index in [1.165, 1.54) is 19.4 Å². The zero-order chi connectivity index (χ0) is 21.3. The number of β-lactam (4-membered cyclic amide) rings is 1. The highest BCUT2D eigenvalue weighted by atomic mass is 32.2. The number of nitrogens with one attached hydrogen (secondary N) is 1. The molecule has 0 saturated carbocycles. The number of carbonyl (C=O) groups is 4. The number of aliphatic carboxylic acids is 1. The van der Waals surface area contributed by atoms with Gasteiger partial charge in [0.15, 0.2) is 17.2 Å². The van der Waals surface area contributed by atoms with Crippen LogP contribution in [0.3, 0.4) is 0 Å². The quantitative estimate of drug-likeness (QED) is 0.318. The predicted octanol–water partition coefficient (Wildman–Crippen LogP) is -0.190. The summed E-state index contributed by atoms with van der Waals surface area (Å²) in [7, 11) is 1.25. The molecule has 3 rings (SSSR count). The van der Waals surface area contributed by atoms with Crippen molar-refractivity contribution >= 4 is 41.4 Å². The second-order valence-corrected chi connectivity index (χ2v) is 7.33. The van der Waals surface area contributed by atoms with Crippen LogP contribution in [0.1, 0.15) is 12.7 Å². The van der Waals surface area contributed by atoms with E-state index in [0.29, 0.717) is 0 Å². The molecule has 12 nitrogen and oxygen atoms in total. The largest absolute Gasteiger partial charge is 0.476 e. The number of furan rings is 1. The number of amides is 3. The van der Waals surface area contributed by atoms with E-state index in [2.05, 4.69) is 15.3 Å². The first-order chi connectivity index (χ1) is 13.8. The summed E-state index contributed by atoms with van der Waals surface area (Å²) in [4.78, 5) is 53.5. The molecule has 1 fully saturated rings. The summed E-state index contributed by atoms with van der Waals surface area (Å²) in [6, 6.07) is 2.01. The van der Waals surface area contributed by atoms with Gasteiger partial charge in [0.1, 0.15) is 18.5 Å². The molecule has 3 atom stereocenters. The van der Waals surface area contributed by atoms with Gasteiger partial charge < -0.3 is 30.1 Å². The van der Waals surface area contributed by atoms with Gasteiger partial charge >= 0.3 is 12.1 Å². The van der Waals surface area contributed by atoms with Gasteiger partial charge in [-0.05, 0) is 19.1 Å². The first-order valence-electron chi connectivity index (χ1n) is 8.15. The van der Waals surface area contributed by atoms with Gasteiger partial charge in [0.25, 0.3) is 11.8 Å². The summed E-state index contributed by atoms with van der Waals surface area (Å²) in [5.41, 5.74) is 4.31. The number of nitrogens with zero attached hydrogens (tertiary/aromatic N) is 2. The molecule has 1 unspecified atom stereocenters. The van der Waals surface area contributed by atoms with Gasteiger partial charge in [-0.15, -0.1) is 11.8 Å². The van der Waals surface area contributed by atoms with E-state index in [4.69, 9.17) is 14.9 Å². The number of primary amides is 1. The van der Waals surface area contributed by atoms with Crippen LogP contribution in [0, 0.1) is 0 Å². The Morgan fingerprint density at radius 3 is 2.69 bits per heavy atom. The molecule has 0 spiro atoms. The van der Waals surface area contributed by atoms with Gasteiger partial charge in [-0.25, -0.2) is 9.59 Å². The van der Waals surface area contributed by atoms with Crippen molar-refractivity contribution in [3.8, 4) is 0 Å². The number of hydrogen-bond acceptors (Lipinski definition) is 9. The number of carbonyl (C=O) groups excluding carboxylic acids is 3. The summed E-state index contributed by atoms with van der Waals surface area (Å²) in [5, 5.41) is 14.3. The van der Waals surface area contributed by atoms with Gasteiger partial charge in [0, 0.05) is 0 Å². The van der Waals surface area contributed by atoms with E-state index in [-0.39, 0.29) is 17.2 Å². The Kier molecular flexibility index (Phi) is 5.50. The minimum atomic E-state index is -1.46. The number of nitrogens with two attached hydrogens (primary N) is 1. The Bertz CT molecular complexity index is 925. The molecular weight excluding hydrogens is 408 g/mol. The van der Waals surface area contributed by atoms with Crippen LogP contribution >= 0.6 is 11.8 Å². The van der Waals surface area contributed by atoms with Crippen LogP contribution in [0.2, 0.25) is 0 Å². The van der Waals surface area contributed by atoms with Crippen LogP contribution in [0.5, 0.6) is 0 Å². The summed E-state index contributed by atoms with van der Waals surface area (Å²) < 4.78 is 9.94. The summed E-state index contributed by atoms with van der Waals surface area (Å²) in [6.45, 7) is 1.59. The second-order valence-electron chi connectivity index (χ2n) is 5.87. The average Bonchev–Trinajstić information content (AvgIpc) is 3.18. The van der Waals surface area contributed by atoms with Crippen molar-refractivity contribution in [2.75, 3.05) is 7.11 Å². The van der Waals surface area contributed by atoms with Gasteiger partial charge in [-0.1, -0.05) is 5.16 Å². The van der Waals surface area contributed by atoms with Crippen molar-refractivity contribution in [2.24, 2.45) is 10.9 Å². The van der Waals surface area contributed by atoms with E-state index in [0.717, 1.165) is 16.7 Å². The van der Waals surface area contributed by atoms with Crippen molar-refractivity contribution < 1.29 is 38.3 Å². The number of rotatable bonds is 6. The number of carboxylic acids is 1. The third-order valence-corrected chi connectivity index (χ3v) is 5.47. The summed E-state index contributed by atoms with van der Waals surface area (Å²) in [6.07, 6.45) is 0.147. The van der Waals surface area contributed by atoms with Crippen molar-refractivity contribution in [1.82, 2.24) is 10.2 Å². The minimum absolute atomic E-state index is 0.126. The molecule has 0 bridgehead atoms. The van der Waals surface area contributed by atoms with Crippen molar-refractivity contribution in [2.45, 2.75) is 23.6 Å². The van der Waals surface area contributed by atoms with E-state index >= 15 is 0 Å². The standard InChI is InChI=1S/C16H16N4O8S/c1-6-11(28-16(17)25)10(15(23)24)20-13(22)9(14(20)29-6)18-12(21)8(19-26-2)7-4-3-5-27-7/h3-6,9,14H,1-2H3,(H2,17,25)(H,18,21)(H,23,24)/b19-8-/t6?,9-,14-/m1/s1. The maximum absolute atomic E-state index is 12.6. The maximum Gasteiger partial charge on any atom is 0.409 e. The first-order valence-corrected chi connectivity index (χ1v) is 9.09. The normalized spacial score (nSPS) is 23.8. The monoisotopic (exact) mass is 424 g/mol. The SMILES string of the molecule is CO/N=C(\C(=O)N[C@@H]1C(=O)N2C(C(=O)O)=C(OC(N)=O)C(C)S[C@H]12)c1ccco1. The van der Waals surface area contributed by atoms with Crippen LogP contribution in [0.15, 0.2) is 39.4 Å². The highest BCUT2D eigenvalue weighted by Gasteiger charge is 2.56. The van der Waals surface area contributed by atoms with Crippen LogP contribution in [-0.2, 0) is 24.0 Å². The number of hydrogen-bond donors (Lipinski definition) is 3. The highest BCUT2D eigenvalue weighted by Crippen LogP contribution is 2.44. The lowest BCUT2D eigenvalue weighted by Gasteiger charge is -2.50. The van der Waals surface area contributed by atoms with Gasteiger partial charge in [0.05, 0.1) is 11.5 Å². The second kappa shape index (κ2) is 7.87. The molecule has 2 aliphatic heterocycles. The maximum atomic E-state index is 12.6. The van der Waals surface area contributed by atoms with E-state index in [1.54, 1.807) is 13.0 Å². The Morgan fingerprint density at radius 1 is 1.41 bits per heavy atom.